The van der Waals surface area contributed by atoms with E-state index in [1.165, 1.54) is 18.2 Å². The summed E-state index contributed by atoms with van der Waals surface area (Å²) >= 11 is 0. The highest BCUT2D eigenvalue weighted by Gasteiger charge is 2.36. The van der Waals surface area contributed by atoms with Crippen LogP contribution in [0.3, 0.4) is 0 Å². The minimum absolute atomic E-state index is 0.0231. The standard InChI is InChI=1S/C12H11NO5/c1-2-18-12(15)10-6-11(14)9-5-7(13(16)17)3-4-8(9)10/h3-5,10H,2,6H2,1H3. The molecule has 1 aromatic rings. The molecule has 0 amide bonds. The van der Waals surface area contributed by atoms with Crippen molar-refractivity contribution in [3.05, 3.63) is 39.4 Å². The van der Waals surface area contributed by atoms with Crippen molar-refractivity contribution in [2.75, 3.05) is 6.61 Å². The molecule has 0 saturated heterocycles. The van der Waals surface area contributed by atoms with Gasteiger partial charge in [-0.1, -0.05) is 6.07 Å². The number of hydrogen-bond donors (Lipinski definition) is 0. The van der Waals surface area contributed by atoms with E-state index < -0.39 is 16.8 Å². The van der Waals surface area contributed by atoms with Gasteiger partial charge in [0.1, 0.15) is 0 Å². The van der Waals surface area contributed by atoms with Gasteiger partial charge in [-0.15, -0.1) is 0 Å². The summed E-state index contributed by atoms with van der Waals surface area (Å²) in [5.74, 6) is -1.35. The van der Waals surface area contributed by atoms with Crippen molar-refractivity contribution >= 4 is 17.4 Å². The molecule has 0 N–H and O–H groups in total. The third-order valence-corrected chi connectivity index (χ3v) is 2.88. The maximum absolute atomic E-state index is 11.7. The Labute approximate surface area is 103 Å². The quantitative estimate of drug-likeness (QED) is 0.463. The van der Waals surface area contributed by atoms with Crippen LogP contribution in [0.2, 0.25) is 0 Å². The van der Waals surface area contributed by atoms with E-state index in [0.717, 1.165) is 0 Å². The van der Waals surface area contributed by atoms with Crippen LogP contribution in [0, 0.1) is 10.1 Å². The molecular weight excluding hydrogens is 238 g/mol. The highest BCUT2D eigenvalue weighted by molar-refractivity contribution is 6.06. The number of ether oxygens (including phenoxy) is 1. The second-order valence-corrected chi connectivity index (χ2v) is 3.96. The number of hydrogen-bond acceptors (Lipinski definition) is 5. The van der Waals surface area contributed by atoms with Crippen LogP contribution in [0.15, 0.2) is 18.2 Å². The molecule has 0 heterocycles. The summed E-state index contributed by atoms with van der Waals surface area (Å²) in [7, 11) is 0. The number of non-ortho nitro benzene ring substituents is 1. The molecule has 6 heteroatoms. The SMILES string of the molecule is CCOC(=O)C1CC(=O)c2cc([N+](=O)[O-])ccc21. The lowest BCUT2D eigenvalue weighted by Crippen LogP contribution is -2.13. The monoisotopic (exact) mass is 249 g/mol. The summed E-state index contributed by atoms with van der Waals surface area (Å²) in [5, 5.41) is 10.6. The zero-order valence-electron chi connectivity index (χ0n) is 9.71. The molecular formula is C12H11NO5. The van der Waals surface area contributed by atoms with Gasteiger partial charge in [-0.2, -0.15) is 0 Å². The molecule has 0 aliphatic heterocycles. The molecule has 1 aliphatic carbocycles. The first kappa shape index (κ1) is 12.2. The smallest absolute Gasteiger partial charge is 0.313 e. The Hall–Kier alpha value is -2.24. The van der Waals surface area contributed by atoms with Crippen LogP contribution in [0.25, 0.3) is 0 Å². The molecule has 18 heavy (non-hydrogen) atoms. The summed E-state index contributed by atoms with van der Waals surface area (Å²) in [5.41, 5.74) is 0.623. The summed E-state index contributed by atoms with van der Waals surface area (Å²) in [6, 6.07) is 3.97. The fourth-order valence-electron chi connectivity index (χ4n) is 2.06. The van der Waals surface area contributed by atoms with E-state index in [1.54, 1.807) is 6.92 Å². The molecule has 0 aromatic heterocycles. The molecule has 2 rings (SSSR count). The second kappa shape index (κ2) is 4.56. The first-order valence-electron chi connectivity index (χ1n) is 5.52. The van der Waals surface area contributed by atoms with Gasteiger partial charge in [0.15, 0.2) is 5.78 Å². The molecule has 94 valence electrons. The highest BCUT2D eigenvalue weighted by Crippen LogP contribution is 2.35. The minimum Gasteiger partial charge on any atom is -0.466 e. The Kier molecular flexibility index (Phi) is 3.10. The number of carbonyl (C=O) groups excluding carboxylic acids is 2. The number of fused-ring (bicyclic) bond motifs is 1. The van der Waals surface area contributed by atoms with Gasteiger partial charge in [0.2, 0.25) is 0 Å². The maximum Gasteiger partial charge on any atom is 0.313 e. The van der Waals surface area contributed by atoms with E-state index >= 15 is 0 Å². The zero-order valence-corrected chi connectivity index (χ0v) is 9.71. The van der Waals surface area contributed by atoms with Gasteiger partial charge in [-0.3, -0.25) is 19.7 Å². The average Bonchev–Trinajstić information content (AvgIpc) is 2.67. The van der Waals surface area contributed by atoms with Crippen LogP contribution in [0.4, 0.5) is 5.69 Å². The fourth-order valence-corrected chi connectivity index (χ4v) is 2.06. The Bertz CT molecular complexity index is 537. The number of Topliss-reactive ketones (excluding diaryl/α,β-unsaturated/α-hetero) is 1. The van der Waals surface area contributed by atoms with Crippen LogP contribution in [0.1, 0.15) is 35.2 Å². The second-order valence-electron chi connectivity index (χ2n) is 3.96. The fraction of sp³-hybridized carbons (Fsp3) is 0.333. The molecule has 0 radical (unpaired) electrons. The lowest BCUT2D eigenvalue weighted by atomic mass is 10.0. The van der Waals surface area contributed by atoms with Crippen LogP contribution in [-0.2, 0) is 9.53 Å². The van der Waals surface area contributed by atoms with E-state index in [2.05, 4.69) is 0 Å². The Morgan fingerprint density at radius 3 is 2.89 bits per heavy atom. The largest absolute Gasteiger partial charge is 0.466 e. The first-order valence-corrected chi connectivity index (χ1v) is 5.52. The van der Waals surface area contributed by atoms with Crippen molar-refractivity contribution in [1.29, 1.82) is 0 Å². The third kappa shape index (κ3) is 1.97. The molecule has 1 aromatic carbocycles. The number of nitrogens with zero attached hydrogens (tertiary/aromatic N) is 1. The molecule has 1 atom stereocenters. The highest BCUT2D eigenvalue weighted by atomic mass is 16.6. The molecule has 0 spiro atoms. The van der Waals surface area contributed by atoms with Gasteiger partial charge in [0, 0.05) is 24.1 Å². The molecule has 1 aliphatic rings. The first-order chi connectivity index (χ1) is 8.54. The lowest BCUT2D eigenvalue weighted by molar-refractivity contribution is -0.384. The van der Waals surface area contributed by atoms with E-state index in [0.29, 0.717) is 5.56 Å². The summed E-state index contributed by atoms with van der Waals surface area (Å²) in [6.45, 7) is 1.93. The predicted octanol–water partition coefficient (Wildman–Crippen LogP) is 1.83. The van der Waals surface area contributed by atoms with Gasteiger partial charge in [0.25, 0.3) is 5.69 Å². The number of carbonyl (C=O) groups is 2. The zero-order chi connectivity index (χ0) is 13.3. The van der Waals surface area contributed by atoms with Crippen molar-refractivity contribution in [2.45, 2.75) is 19.3 Å². The number of benzene rings is 1. The van der Waals surface area contributed by atoms with Gasteiger partial charge in [-0.05, 0) is 12.5 Å². The lowest BCUT2D eigenvalue weighted by Gasteiger charge is -2.08. The number of rotatable bonds is 3. The molecule has 0 saturated carbocycles. The van der Waals surface area contributed by atoms with Gasteiger partial charge in [-0.25, -0.2) is 0 Å². The Morgan fingerprint density at radius 2 is 2.28 bits per heavy atom. The topological polar surface area (TPSA) is 86.5 Å². The number of esters is 1. The van der Waals surface area contributed by atoms with Crippen LogP contribution < -0.4 is 0 Å². The van der Waals surface area contributed by atoms with E-state index in [9.17, 15) is 19.7 Å². The minimum atomic E-state index is -0.631. The molecule has 1 unspecified atom stereocenters. The van der Waals surface area contributed by atoms with Crippen LogP contribution in [0.5, 0.6) is 0 Å². The summed E-state index contributed by atoms with van der Waals surface area (Å²) < 4.78 is 4.88. The normalized spacial score (nSPS) is 17.4. The average molecular weight is 249 g/mol. The molecule has 0 bridgehead atoms. The van der Waals surface area contributed by atoms with Crippen LogP contribution >= 0.6 is 0 Å². The van der Waals surface area contributed by atoms with Gasteiger partial charge < -0.3 is 4.74 Å². The number of nitro benzene ring substituents is 1. The molecule has 0 fully saturated rings. The van der Waals surface area contributed by atoms with Crippen molar-refractivity contribution in [3.8, 4) is 0 Å². The summed E-state index contributed by atoms with van der Waals surface area (Å²) in [4.78, 5) is 33.5. The number of nitro groups is 1. The van der Waals surface area contributed by atoms with Crippen molar-refractivity contribution in [2.24, 2.45) is 0 Å². The Balaban J connectivity index is 2.39. The predicted molar refractivity (Wildman–Crippen MR) is 61.4 cm³/mol. The van der Waals surface area contributed by atoms with Gasteiger partial charge in [0.05, 0.1) is 17.4 Å². The van der Waals surface area contributed by atoms with Crippen molar-refractivity contribution in [3.63, 3.8) is 0 Å². The maximum atomic E-state index is 11.7. The van der Waals surface area contributed by atoms with E-state index in [1.807, 2.05) is 0 Å². The Morgan fingerprint density at radius 1 is 1.56 bits per heavy atom. The summed E-state index contributed by atoms with van der Waals surface area (Å²) in [6.07, 6.45) is 0.0231. The van der Waals surface area contributed by atoms with E-state index in [4.69, 9.17) is 4.74 Å². The number of ketones is 1. The van der Waals surface area contributed by atoms with Crippen molar-refractivity contribution < 1.29 is 19.2 Å². The van der Waals surface area contributed by atoms with E-state index in [-0.39, 0.29) is 30.1 Å². The van der Waals surface area contributed by atoms with Gasteiger partial charge >= 0.3 is 5.97 Å². The van der Waals surface area contributed by atoms with Crippen molar-refractivity contribution in [1.82, 2.24) is 0 Å². The van der Waals surface area contributed by atoms with Crippen LogP contribution in [-0.4, -0.2) is 23.3 Å². The molecule has 6 nitrogen and oxygen atoms in total. The third-order valence-electron chi connectivity index (χ3n) is 2.88.